The minimum absolute atomic E-state index is 0.0108. The molecule has 0 saturated heterocycles. The predicted octanol–water partition coefficient (Wildman–Crippen LogP) is 2.51. The molecule has 2 amide bonds. The van der Waals surface area contributed by atoms with Crippen LogP contribution in [0, 0.1) is 5.92 Å². The predicted molar refractivity (Wildman–Crippen MR) is 90.5 cm³/mol. The lowest BCUT2D eigenvalue weighted by atomic mass is 10.1. The molecule has 126 valence electrons. The van der Waals surface area contributed by atoms with Crippen molar-refractivity contribution in [1.82, 2.24) is 10.2 Å². The molecule has 0 bridgehead atoms. The van der Waals surface area contributed by atoms with Gasteiger partial charge < -0.3 is 10.2 Å². The quantitative estimate of drug-likeness (QED) is 0.562. The van der Waals surface area contributed by atoms with E-state index in [2.05, 4.69) is 5.32 Å². The Morgan fingerprint density at radius 1 is 1.17 bits per heavy atom. The summed E-state index contributed by atoms with van der Waals surface area (Å²) in [6.45, 7) is 5.03. The van der Waals surface area contributed by atoms with Crippen LogP contribution in [0.25, 0.3) is 0 Å². The Morgan fingerprint density at radius 2 is 1.87 bits per heavy atom. The van der Waals surface area contributed by atoms with Gasteiger partial charge in [0.2, 0.25) is 5.91 Å². The maximum atomic E-state index is 12.3. The lowest BCUT2D eigenvalue weighted by molar-refractivity contribution is -0.123. The van der Waals surface area contributed by atoms with Crippen LogP contribution in [0.1, 0.15) is 53.8 Å². The van der Waals surface area contributed by atoms with Gasteiger partial charge in [-0.1, -0.05) is 32.0 Å². The average Bonchev–Trinajstić information content (AvgIpc) is 2.56. The van der Waals surface area contributed by atoms with E-state index in [-0.39, 0.29) is 17.7 Å². The van der Waals surface area contributed by atoms with Gasteiger partial charge in [-0.05, 0) is 25.3 Å². The Balaban J connectivity index is 2.31. The molecule has 0 heterocycles. The minimum Gasteiger partial charge on any atom is -0.356 e. The fraction of sp³-hybridized carbons (Fsp3) is 0.500. The largest absolute Gasteiger partial charge is 0.356 e. The Kier molecular flexibility index (Phi) is 8.02. The number of hydrogen-bond donors (Lipinski definition) is 1. The highest BCUT2D eigenvalue weighted by atomic mass is 16.2. The van der Waals surface area contributed by atoms with Gasteiger partial charge >= 0.3 is 0 Å². The van der Waals surface area contributed by atoms with Crippen molar-refractivity contribution in [2.45, 2.75) is 33.1 Å². The normalized spacial score (nSPS) is 10.4. The molecular formula is C18H26N2O3. The van der Waals surface area contributed by atoms with Crippen molar-refractivity contribution in [3.63, 3.8) is 0 Å². The van der Waals surface area contributed by atoms with Crippen LogP contribution in [0.3, 0.4) is 0 Å². The fourth-order valence-electron chi connectivity index (χ4n) is 2.17. The summed E-state index contributed by atoms with van der Waals surface area (Å²) in [6.07, 6.45) is 3.40. The van der Waals surface area contributed by atoms with Crippen LogP contribution in [0.15, 0.2) is 24.3 Å². The second-order valence-electron chi connectivity index (χ2n) is 5.94. The summed E-state index contributed by atoms with van der Waals surface area (Å²) in [7, 11) is 1.74. The van der Waals surface area contributed by atoms with Crippen LogP contribution >= 0.6 is 0 Å². The number of carbonyl (C=O) groups excluding carboxylic acids is 3. The molecule has 0 fully saturated rings. The van der Waals surface area contributed by atoms with E-state index in [4.69, 9.17) is 0 Å². The molecule has 23 heavy (non-hydrogen) atoms. The van der Waals surface area contributed by atoms with Crippen molar-refractivity contribution in [3.8, 4) is 0 Å². The van der Waals surface area contributed by atoms with E-state index in [1.807, 2.05) is 13.8 Å². The van der Waals surface area contributed by atoms with E-state index in [0.29, 0.717) is 30.5 Å². The first kappa shape index (κ1) is 18.9. The number of unbranched alkanes of at least 4 members (excludes halogenated alkanes) is 2. The standard InChI is InChI=1S/C18H26N2O3/c1-14(2)17(22)19-11-7-4-8-12-20(3)18(23)16-10-6-5-9-15(16)13-21/h5-6,9-10,13-14H,4,7-8,11-12H2,1-3H3,(H,19,22). The second-order valence-corrected chi connectivity index (χ2v) is 5.94. The topological polar surface area (TPSA) is 66.5 Å². The first-order valence-electron chi connectivity index (χ1n) is 8.04. The van der Waals surface area contributed by atoms with Gasteiger partial charge in [0.1, 0.15) is 0 Å². The van der Waals surface area contributed by atoms with Gasteiger partial charge in [-0.2, -0.15) is 0 Å². The lowest BCUT2D eigenvalue weighted by Gasteiger charge is -2.18. The number of carbonyl (C=O) groups is 3. The molecule has 1 aromatic rings. The van der Waals surface area contributed by atoms with Gasteiger partial charge in [-0.3, -0.25) is 14.4 Å². The van der Waals surface area contributed by atoms with Gasteiger partial charge in [0.05, 0.1) is 5.56 Å². The molecule has 0 radical (unpaired) electrons. The molecule has 0 atom stereocenters. The van der Waals surface area contributed by atoms with E-state index >= 15 is 0 Å². The van der Waals surface area contributed by atoms with Crippen LogP contribution in [-0.4, -0.2) is 43.1 Å². The van der Waals surface area contributed by atoms with Gasteiger partial charge in [0, 0.05) is 31.6 Å². The number of hydrogen-bond acceptors (Lipinski definition) is 3. The van der Waals surface area contributed by atoms with Crippen molar-refractivity contribution in [3.05, 3.63) is 35.4 Å². The number of amides is 2. The van der Waals surface area contributed by atoms with Crippen LogP contribution in [0.4, 0.5) is 0 Å². The zero-order valence-electron chi connectivity index (χ0n) is 14.2. The smallest absolute Gasteiger partial charge is 0.254 e. The number of benzene rings is 1. The van der Waals surface area contributed by atoms with Crippen molar-refractivity contribution in [2.75, 3.05) is 20.1 Å². The minimum atomic E-state index is -0.138. The lowest BCUT2D eigenvalue weighted by Crippen LogP contribution is -2.29. The van der Waals surface area contributed by atoms with Gasteiger partial charge in [-0.25, -0.2) is 0 Å². The van der Waals surface area contributed by atoms with Gasteiger partial charge in [-0.15, -0.1) is 0 Å². The first-order valence-corrected chi connectivity index (χ1v) is 8.04. The van der Waals surface area contributed by atoms with E-state index in [1.54, 1.807) is 36.2 Å². The SMILES string of the molecule is CC(C)C(=O)NCCCCCN(C)C(=O)c1ccccc1C=O. The maximum Gasteiger partial charge on any atom is 0.254 e. The highest BCUT2D eigenvalue weighted by molar-refractivity contribution is 6.01. The van der Waals surface area contributed by atoms with E-state index in [9.17, 15) is 14.4 Å². The molecule has 5 heteroatoms. The molecule has 0 saturated carbocycles. The van der Waals surface area contributed by atoms with E-state index in [0.717, 1.165) is 19.3 Å². The Morgan fingerprint density at radius 3 is 2.52 bits per heavy atom. The van der Waals surface area contributed by atoms with Crippen molar-refractivity contribution >= 4 is 18.1 Å². The summed E-state index contributed by atoms with van der Waals surface area (Å²) in [5.74, 6) is -0.0554. The number of nitrogens with zero attached hydrogens (tertiary/aromatic N) is 1. The number of rotatable bonds is 9. The van der Waals surface area contributed by atoms with Crippen LogP contribution in [-0.2, 0) is 4.79 Å². The molecule has 0 aliphatic heterocycles. The molecule has 0 aromatic heterocycles. The third-order valence-corrected chi connectivity index (χ3v) is 3.66. The average molecular weight is 318 g/mol. The molecule has 0 aliphatic rings. The summed E-state index contributed by atoms with van der Waals surface area (Å²) in [5.41, 5.74) is 0.856. The summed E-state index contributed by atoms with van der Waals surface area (Å²) < 4.78 is 0. The molecule has 5 nitrogen and oxygen atoms in total. The maximum absolute atomic E-state index is 12.3. The number of nitrogens with one attached hydrogen (secondary N) is 1. The van der Waals surface area contributed by atoms with E-state index < -0.39 is 0 Å². The van der Waals surface area contributed by atoms with Crippen molar-refractivity contribution in [1.29, 1.82) is 0 Å². The van der Waals surface area contributed by atoms with Crippen LogP contribution in [0.2, 0.25) is 0 Å². The van der Waals surface area contributed by atoms with Crippen LogP contribution < -0.4 is 5.32 Å². The highest BCUT2D eigenvalue weighted by Crippen LogP contribution is 2.10. The molecular weight excluding hydrogens is 292 g/mol. The molecule has 1 N–H and O–H groups in total. The summed E-state index contributed by atoms with van der Waals surface area (Å²) in [6, 6.07) is 6.81. The summed E-state index contributed by atoms with van der Waals surface area (Å²) in [5, 5.41) is 2.88. The number of aldehydes is 1. The van der Waals surface area contributed by atoms with Crippen molar-refractivity contribution < 1.29 is 14.4 Å². The first-order chi connectivity index (χ1) is 11.0. The third kappa shape index (κ3) is 6.22. The fourth-order valence-corrected chi connectivity index (χ4v) is 2.17. The van der Waals surface area contributed by atoms with Crippen LogP contribution in [0.5, 0.6) is 0 Å². The summed E-state index contributed by atoms with van der Waals surface area (Å²) in [4.78, 5) is 36.3. The monoisotopic (exact) mass is 318 g/mol. The molecule has 0 aliphatic carbocycles. The van der Waals surface area contributed by atoms with E-state index in [1.165, 1.54) is 0 Å². The molecule has 1 rings (SSSR count). The third-order valence-electron chi connectivity index (χ3n) is 3.66. The van der Waals surface area contributed by atoms with Gasteiger partial charge in [0.25, 0.3) is 5.91 Å². The summed E-state index contributed by atoms with van der Waals surface area (Å²) >= 11 is 0. The molecule has 1 aromatic carbocycles. The molecule has 0 unspecified atom stereocenters. The Bertz CT molecular complexity index is 541. The van der Waals surface area contributed by atoms with Gasteiger partial charge in [0.15, 0.2) is 6.29 Å². The Labute approximate surface area is 138 Å². The van der Waals surface area contributed by atoms with Crippen molar-refractivity contribution in [2.24, 2.45) is 5.92 Å². The zero-order valence-corrected chi connectivity index (χ0v) is 14.2. The Hall–Kier alpha value is -2.17. The molecule has 0 spiro atoms. The second kappa shape index (κ2) is 9.77. The zero-order chi connectivity index (χ0) is 17.2. The highest BCUT2D eigenvalue weighted by Gasteiger charge is 2.14.